The third-order valence-corrected chi connectivity index (χ3v) is 4.67. The van der Waals surface area contributed by atoms with Crippen LogP contribution in [0.1, 0.15) is 11.3 Å². The van der Waals surface area contributed by atoms with Gasteiger partial charge in [0.15, 0.2) is 0 Å². The maximum Gasteiger partial charge on any atom is 0.416 e. The number of nitrogens with one attached hydrogen (secondary N) is 2. The summed E-state index contributed by atoms with van der Waals surface area (Å²) in [6.45, 7) is -0.204. The van der Waals surface area contributed by atoms with Gasteiger partial charge in [-0.3, -0.25) is 0 Å². The van der Waals surface area contributed by atoms with Crippen LogP contribution >= 0.6 is 11.9 Å². The topological polar surface area (TPSA) is 37.0 Å². The molecule has 2 aromatic carbocycles. The Kier molecular flexibility index (Phi) is 6.35. The first-order valence-electron chi connectivity index (χ1n) is 8.30. The van der Waals surface area contributed by atoms with E-state index in [-0.39, 0.29) is 6.54 Å². The molecule has 0 fully saturated rings. The number of pyridine rings is 1. The molecule has 0 aliphatic heterocycles. The van der Waals surface area contributed by atoms with Crippen molar-refractivity contribution in [3.8, 4) is 0 Å². The Morgan fingerprint density at radius 2 is 1.71 bits per heavy atom. The predicted octanol–water partition coefficient (Wildman–Crippen LogP) is 5.73. The summed E-state index contributed by atoms with van der Waals surface area (Å²) in [6, 6.07) is 13.9. The molecule has 0 saturated carbocycles. The molecule has 1 aromatic heterocycles. The number of hydrogen-bond donors (Lipinski definition) is 2. The Balaban J connectivity index is 1.73. The van der Waals surface area contributed by atoms with Crippen molar-refractivity contribution in [2.45, 2.75) is 24.0 Å². The average molecular weight is 413 g/mol. The Hall–Kier alpha value is -2.39. The number of nitrogens with zero attached hydrogens (tertiary/aromatic N) is 1. The number of aromatic nitrogens is 1. The largest absolute Gasteiger partial charge is 0.416 e. The molecular weight excluding hydrogens is 397 g/mol. The molecule has 0 spiro atoms. The van der Waals surface area contributed by atoms with Crippen LogP contribution in [-0.2, 0) is 12.7 Å². The Labute approximate surface area is 162 Å². The van der Waals surface area contributed by atoms with Crippen molar-refractivity contribution < 1.29 is 22.0 Å². The van der Waals surface area contributed by atoms with Crippen molar-refractivity contribution in [1.82, 2.24) is 10.3 Å². The van der Waals surface area contributed by atoms with Gasteiger partial charge in [-0.25, -0.2) is 13.8 Å². The molecule has 0 saturated heterocycles. The zero-order valence-electron chi connectivity index (χ0n) is 14.4. The van der Waals surface area contributed by atoms with Gasteiger partial charge in [-0.2, -0.15) is 13.2 Å². The molecule has 0 radical (unpaired) electrons. The van der Waals surface area contributed by atoms with E-state index in [0.29, 0.717) is 21.8 Å². The maximum atomic E-state index is 12.6. The lowest BCUT2D eigenvalue weighted by atomic mass is 10.2. The summed E-state index contributed by atoms with van der Waals surface area (Å²) < 4.78 is 65.5. The highest BCUT2D eigenvalue weighted by molar-refractivity contribution is 8.00. The number of fused-ring (bicyclic) bond motifs is 1. The van der Waals surface area contributed by atoms with Crippen LogP contribution in [0.2, 0.25) is 0 Å². The number of rotatable bonds is 7. The Bertz CT molecular complexity index is 929. The van der Waals surface area contributed by atoms with E-state index in [9.17, 15) is 22.0 Å². The quantitative estimate of drug-likeness (QED) is 0.383. The molecule has 3 rings (SSSR count). The molecule has 0 amide bonds. The number of anilines is 1. The van der Waals surface area contributed by atoms with Gasteiger partial charge >= 0.3 is 6.18 Å². The van der Waals surface area contributed by atoms with Crippen molar-refractivity contribution in [3.63, 3.8) is 0 Å². The molecule has 3 aromatic rings. The fraction of sp³-hybridized carbons (Fsp3) is 0.211. The van der Waals surface area contributed by atoms with E-state index in [4.69, 9.17) is 0 Å². The van der Waals surface area contributed by atoms with E-state index < -0.39 is 24.7 Å². The molecule has 3 nitrogen and oxygen atoms in total. The van der Waals surface area contributed by atoms with E-state index in [1.54, 1.807) is 12.1 Å². The van der Waals surface area contributed by atoms with Crippen molar-refractivity contribution in [3.05, 3.63) is 65.9 Å². The first-order valence-corrected chi connectivity index (χ1v) is 9.12. The Morgan fingerprint density at radius 3 is 2.39 bits per heavy atom. The summed E-state index contributed by atoms with van der Waals surface area (Å²) in [7, 11) is 0. The number of para-hydroxylation sites is 1. The van der Waals surface area contributed by atoms with Gasteiger partial charge in [0.25, 0.3) is 6.43 Å². The van der Waals surface area contributed by atoms with E-state index >= 15 is 0 Å². The van der Waals surface area contributed by atoms with Gasteiger partial charge in [0, 0.05) is 16.8 Å². The van der Waals surface area contributed by atoms with Crippen molar-refractivity contribution in [1.29, 1.82) is 0 Å². The van der Waals surface area contributed by atoms with Crippen molar-refractivity contribution in [2.75, 3.05) is 11.3 Å². The zero-order chi connectivity index (χ0) is 20.1. The minimum Gasteiger partial charge on any atom is -0.324 e. The lowest BCUT2D eigenvalue weighted by molar-refractivity contribution is -0.137. The zero-order valence-corrected chi connectivity index (χ0v) is 15.2. The van der Waals surface area contributed by atoms with Crippen molar-refractivity contribution >= 4 is 28.5 Å². The van der Waals surface area contributed by atoms with Gasteiger partial charge in [0.2, 0.25) is 0 Å². The predicted molar refractivity (Wildman–Crippen MR) is 100 cm³/mol. The fourth-order valence-corrected chi connectivity index (χ4v) is 3.17. The van der Waals surface area contributed by atoms with Gasteiger partial charge in [-0.1, -0.05) is 18.2 Å². The molecule has 1 heterocycles. The molecule has 2 N–H and O–H groups in total. The molecular formula is C19H16F5N3S. The van der Waals surface area contributed by atoms with Crippen LogP contribution in [0, 0.1) is 0 Å². The number of alkyl halides is 5. The minimum atomic E-state index is -4.37. The van der Waals surface area contributed by atoms with E-state index in [0.717, 1.165) is 29.5 Å². The molecule has 0 aliphatic rings. The molecule has 9 heteroatoms. The average Bonchev–Trinajstić information content (AvgIpc) is 2.65. The van der Waals surface area contributed by atoms with Crippen LogP contribution in [0.25, 0.3) is 10.9 Å². The van der Waals surface area contributed by atoms with E-state index in [1.165, 1.54) is 12.1 Å². The highest BCUT2D eigenvalue weighted by atomic mass is 32.2. The second kappa shape index (κ2) is 8.74. The second-order valence-electron chi connectivity index (χ2n) is 5.93. The summed E-state index contributed by atoms with van der Waals surface area (Å²) in [6.07, 6.45) is -6.80. The molecule has 0 atom stereocenters. The first kappa shape index (κ1) is 20.3. The van der Waals surface area contributed by atoms with Crippen LogP contribution in [-0.4, -0.2) is 18.0 Å². The van der Waals surface area contributed by atoms with Crippen LogP contribution in [0.15, 0.2) is 59.5 Å². The van der Waals surface area contributed by atoms with E-state index in [1.807, 2.05) is 18.2 Å². The summed E-state index contributed by atoms with van der Waals surface area (Å²) in [5.74, 6) is 0. The number of benzene rings is 2. The molecule has 148 valence electrons. The molecule has 0 bridgehead atoms. The molecule has 0 aliphatic carbocycles. The molecule has 0 unspecified atom stereocenters. The van der Waals surface area contributed by atoms with E-state index in [2.05, 4.69) is 15.0 Å². The second-order valence-corrected chi connectivity index (χ2v) is 6.81. The Morgan fingerprint density at radius 1 is 0.964 bits per heavy atom. The van der Waals surface area contributed by atoms with Gasteiger partial charge in [0.05, 0.1) is 29.0 Å². The molecule has 28 heavy (non-hydrogen) atoms. The number of halogens is 5. The van der Waals surface area contributed by atoms with Crippen molar-refractivity contribution in [2.24, 2.45) is 0 Å². The van der Waals surface area contributed by atoms with Gasteiger partial charge in [0.1, 0.15) is 0 Å². The highest BCUT2D eigenvalue weighted by Gasteiger charge is 2.29. The summed E-state index contributed by atoms with van der Waals surface area (Å²) in [5, 5.41) is 3.49. The summed E-state index contributed by atoms with van der Waals surface area (Å²) in [4.78, 5) is 5.11. The van der Waals surface area contributed by atoms with Gasteiger partial charge < -0.3 is 10.0 Å². The highest BCUT2D eigenvalue weighted by Crippen LogP contribution is 2.32. The minimum absolute atomic E-state index is 0.209. The number of hydrogen-bond acceptors (Lipinski definition) is 4. The lowest BCUT2D eigenvalue weighted by Crippen LogP contribution is -2.21. The lowest BCUT2D eigenvalue weighted by Gasteiger charge is -2.11. The maximum absolute atomic E-state index is 12.6. The summed E-state index contributed by atoms with van der Waals surface area (Å²) >= 11 is 1.16. The SMILES string of the molecule is FC(F)CNCc1ccc2cccc(NSc3ccc(C(F)(F)F)cc3)c2n1. The third-order valence-electron chi connectivity index (χ3n) is 3.84. The van der Waals surface area contributed by atoms with Crippen LogP contribution in [0.5, 0.6) is 0 Å². The first-order chi connectivity index (χ1) is 13.3. The van der Waals surface area contributed by atoms with Gasteiger partial charge in [-0.05, 0) is 48.3 Å². The third kappa shape index (κ3) is 5.32. The van der Waals surface area contributed by atoms with Crippen LogP contribution < -0.4 is 10.0 Å². The normalized spacial score (nSPS) is 11.9. The van der Waals surface area contributed by atoms with Crippen LogP contribution in [0.3, 0.4) is 0 Å². The summed E-state index contributed by atoms with van der Waals surface area (Å²) in [5.41, 5.74) is 1.24. The standard InChI is InChI=1S/C19H16F5N3S/c20-17(21)11-25-10-14-7-4-12-2-1-3-16(18(12)26-14)27-28-15-8-5-13(6-9-15)19(22,23)24/h1-9,17,25,27H,10-11H2. The monoisotopic (exact) mass is 413 g/mol. The smallest absolute Gasteiger partial charge is 0.324 e. The van der Waals surface area contributed by atoms with Crippen LogP contribution in [0.4, 0.5) is 27.6 Å². The van der Waals surface area contributed by atoms with Gasteiger partial charge in [-0.15, -0.1) is 0 Å². The fourth-order valence-electron chi connectivity index (χ4n) is 2.50.